The van der Waals surface area contributed by atoms with Gasteiger partial charge < -0.3 is 16.8 Å². The molecule has 2 aromatic carbocycles. The summed E-state index contributed by atoms with van der Waals surface area (Å²) in [5.74, 6) is -2.03. The van der Waals surface area contributed by atoms with Crippen LogP contribution in [0.15, 0.2) is 36.4 Å². The summed E-state index contributed by atoms with van der Waals surface area (Å²) < 4.78 is 0. The monoisotopic (exact) mass is 351 g/mol. The van der Waals surface area contributed by atoms with Crippen LogP contribution < -0.4 is 16.8 Å². The predicted molar refractivity (Wildman–Crippen MR) is 87.9 cm³/mol. The Hall–Kier alpha value is -2.57. The minimum Gasteiger partial charge on any atom is -0.366 e. The lowest BCUT2D eigenvalue weighted by atomic mass is 10.1. The highest BCUT2D eigenvalue weighted by Gasteiger charge is 2.13. The second-order valence-corrected chi connectivity index (χ2v) is 5.51. The number of amides is 3. The number of carbonyl (C=O) groups excluding carboxylic acids is 3. The Morgan fingerprint density at radius 3 is 1.65 bits per heavy atom. The van der Waals surface area contributed by atoms with Crippen molar-refractivity contribution in [3.63, 3.8) is 0 Å². The fourth-order valence-corrected chi connectivity index (χ4v) is 2.40. The molecule has 6 nitrogen and oxygen atoms in total. The number of nitrogens with one attached hydrogen (secondary N) is 1. The van der Waals surface area contributed by atoms with Crippen LogP contribution in [-0.2, 0) is 0 Å². The Morgan fingerprint density at radius 1 is 0.739 bits per heavy atom. The number of halogens is 2. The Labute approximate surface area is 141 Å². The number of carbonyl (C=O) groups is 3. The van der Waals surface area contributed by atoms with Gasteiger partial charge in [0.25, 0.3) is 5.91 Å². The number of hydrogen-bond acceptors (Lipinski definition) is 3. The van der Waals surface area contributed by atoms with E-state index in [1.807, 2.05) is 0 Å². The van der Waals surface area contributed by atoms with Gasteiger partial charge in [-0.2, -0.15) is 0 Å². The molecule has 0 fully saturated rings. The van der Waals surface area contributed by atoms with Crippen LogP contribution in [0.3, 0.4) is 0 Å². The minimum absolute atomic E-state index is 0.0423. The number of hydrogen-bond donors (Lipinski definition) is 3. The van der Waals surface area contributed by atoms with Crippen molar-refractivity contribution >= 4 is 46.6 Å². The third-order valence-electron chi connectivity index (χ3n) is 2.88. The Morgan fingerprint density at radius 2 is 1.22 bits per heavy atom. The lowest BCUT2D eigenvalue weighted by Crippen LogP contribution is -2.18. The second-order valence-electron chi connectivity index (χ2n) is 4.64. The number of anilines is 1. The van der Waals surface area contributed by atoms with Gasteiger partial charge in [-0.1, -0.05) is 23.2 Å². The topological polar surface area (TPSA) is 115 Å². The number of benzene rings is 2. The van der Waals surface area contributed by atoms with E-state index in [2.05, 4.69) is 5.32 Å². The standard InChI is InChI=1S/C15H11Cl2N3O3/c16-10-2-9(3-11(17)6-10)15(23)20-12-4-7(13(18)21)1-8(5-12)14(19)22/h1-6H,(H2,18,21)(H2,19,22)(H,20,23). The van der Waals surface area contributed by atoms with Gasteiger partial charge in [0.15, 0.2) is 0 Å². The van der Waals surface area contributed by atoms with E-state index >= 15 is 0 Å². The van der Waals surface area contributed by atoms with Crippen LogP contribution in [0.4, 0.5) is 5.69 Å². The molecule has 2 aromatic rings. The van der Waals surface area contributed by atoms with Gasteiger partial charge in [0.2, 0.25) is 11.8 Å². The van der Waals surface area contributed by atoms with E-state index in [0.29, 0.717) is 10.0 Å². The zero-order valence-electron chi connectivity index (χ0n) is 11.6. The number of primary amides is 2. The van der Waals surface area contributed by atoms with Crippen LogP contribution in [0.25, 0.3) is 0 Å². The molecule has 0 aliphatic heterocycles. The Balaban J connectivity index is 2.36. The first-order chi connectivity index (χ1) is 10.8. The molecule has 5 N–H and O–H groups in total. The predicted octanol–water partition coefficient (Wildman–Crippen LogP) is 2.44. The summed E-state index contributed by atoms with van der Waals surface area (Å²) in [5, 5.41) is 3.13. The number of rotatable bonds is 4. The summed E-state index contributed by atoms with van der Waals surface area (Å²) in [6, 6.07) is 8.25. The molecule has 0 aliphatic rings. The molecule has 0 bridgehead atoms. The Bertz CT molecular complexity index is 769. The van der Waals surface area contributed by atoms with Gasteiger partial charge >= 0.3 is 0 Å². The molecule has 0 aromatic heterocycles. The van der Waals surface area contributed by atoms with Crippen LogP contribution in [-0.4, -0.2) is 17.7 Å². The molecule has 0 heterocycles. The molecule has 0 aliphatic carbocycles. The molecule has 118 valence electrons. The first-order valence-electron chi connectivity index (χ1n) is 6.28. The third-order valence-corrected chi connectivity index (χ3v) is 3.32. The van der Waals surface area contributed by atoms with Crippen molar-refractivity contribution in [1.29, 1.82) is 0 Å². The van der Waals surface area contributed by atoms with Gasteiger partial charge in [-0.3, -0.25) is 14.4 Å². The van der Waals surface area contributed by atoms with E-state index in [-0.39, 0.29) is 22.4 Å². The molecular weight excluding hydrogens is 341 g/mol. The van der Waals surface area contributed by atoms with Gasteiger partial charge in [0, 0.05) is 32.4 Å². The molecule has 0 spiro atoms. The van der Waals surface area contributed by atoms with Crippen molar-refractivity contribution in [1.82, 2.24) is 0 Å². The maximum absolute atomic E-state index is 12.2. The van der Waals surface area contributed by atoms with E-state index < -0.39 is 17.7 Å². The molecule has 23 heavy (non-hydrogen) atoms. The first-order valence-corrected chi connectivity index (χ1v) is 7.04. The summed E-state index contributed by atoms with van der Waals surface area (Å²) in [5.41, 5.74) is 10.9. The molecular formula is C15H11Cl2N3O3. The van der Waals surface area contributed by atoms with Crippen LogP contribution in [0, 0.1) is 0 Å². The summed E-state index contributed by atoms with van der Waals surface area (Å²) in [4.78, 5) is 34.8. The summed E-state index contributed by atoms with van der Waals surface area (Å²) in [6.07, 6.45) is 0. The van der Waals surface area contributed by atoms with Gasteiger partial charge in [-0.15, -0.1) is 0 Å². The van der Waals surface area contributed by atoms with Crippen LogP contribution >= 0.6 is 23.2 Å². The van der Waals surface area contributed by atoms with Crippen molar-refractivity contribution in [2.75, 3.05) is 5.32 Å². The highest BCUT2D eigenvalue weighted by atomic mass is 35.5. The highest BCUT2D eigenvalue weighted by Crippen LogP contribution is 2.21. The van der Waals surface area contributed by atoms with Crippen LogP contribution in [0.5, 0.6) is 0 Å². The van der Waals surface area contributed by atoms with Crippen molar-refractivity contribution < 1.29 is 14.4 Å². The fourth-order valence-electron chi connectivity index (χ4n) is 1.87. The van der Waals surface area contributed by atoms with Crippen molar-refractivity contribution in [3.8, 4) is 0 Å². The lowest BCUT2D eigenvalue weighted by Gasteiger charge is -2.09. The quantitative estimate of drug-likeness (QED) is 0.785. The van der Waals surface area contributed by atoms with Crippen LogP contribution in [0.2, 0.25) is 10.0 Å². The maximum Gasteiger partial charge on any atom is 0.255 e. The summed E-state index contributed by atoms with van der Waals surface area (Å²) in [7, 11) is 0. The second kappa shape index (κ2) is 6.68. The maximum atomic E-state index is 12.2. The largest absolute Gasteiger partial charge is 0.366 e. The van der Waals surface area contributed by atoms with E-state index in [4.69, 9.17) is 34.7 Å². The molecule has 2 rings (SSSR count). The van der Waals surface area contributed by atoms with E-state index in [1.165, 1.54) is 36.4 Å². The summed E-state index contributed by atoms with van der Waals surface area (Å²) in [6.45, 7) is 0. The zero-order valence-corrected chi connectivity index (χ0v) is 13.1. The van der Waals surface area contributed by atoms with Gasteiger partial charge in [-0.25, -0.2) is 0 Å². The number of nitrogens with two attached hydrogens (primary N) is 2. The smallest absolute Gasteiger partial charge is 0.255 e. The molecule has 3 amide bonds. The molecule has 0 unspecified atom stereocenters. The molecule has 0 saturated heterocycles. The molecule has 8 heteroatoms. The highest BCUT2D eigenvalue weighted by molar-refractivity contribution is 6.35. The third kappa shape index (κ3) is 4.21. The summed E-state index contributed by atoms with van der Waals surface area (Å²) >= 11 is 11.7. The average molecular weight is 352 g/mol. The average Bonchev–Trinajstić information content (AvgIpc) is 2.45. The fraction of sp³-hybridized carbons (Fsp3) is 0. The Kier molecular flexibility index (Phi) is 4.88. The molecule has 0 radical (unpaired) electrons. The van der Waals surface area contributed by atoms with Crippen molar-refractivity contribution in [3.05, 3.63) is 63.1 Å². The van der Waals surface area contributed by atoms with Crippen molar-refractivity contribution in [2.24, 2.45) is 11.5 Å². The molecule has 0 atom stereocenters. The van der Waals surface area contributed by atoms with E-state index in [9.17, 15) is 14.4 Å². The van der Waals surface area contributed by atoms with E-state index in [1.54, 1.807) is 0 Å². The van der Waals surface area contributed by atoms with Gasteiger partial charge in [-0.05, 0) is 36.4 Å². The SMILES string of the molecule is NC(=O)c1cc(NC(=O)c2cc(Cl)cc(Cl)c2)cc(C(N)=O)c1. The lowest BCUT2D eigenvalue weighted by molar-refractivity contribution is 0.0994. The normalized spacial score (nSPS) is 10.2. The van der Waals surface area contributed by atoms with Crippen LogP contribution in [0.1, 0.15) is 31.1 Å². The first kappa shape index (κ1) is 16.8. The van der Waals surface area contributed by atoms with Gasteiger partial charge in [0.1, 0.15) is 0 Å². The zero-order chi connectivity index (χ0) is 17.1. The minimum atomic E-state index is -0.755. The molecule has 0 saturated carbocycles. The van der Waals surface area contributed by atoms with Gasteiger partial charge in [0.05, 0.1) is 0 Å². The van der Waals surface area contributed by atoms with E-state index in [0.717, 1.165) is 0 Å². The van der Waals surface area contributed by atoms with Crippen molar-refractivity contribution in [2.45, 2.75) is 0 Å².